The molecule has 2 saturated carbocycles. The third-order valence-electron chi connectivity index (χ3n) is 6.94. The fraction of sp³-hybridized carbons (Fsp3) is 0.895. The Labute approximate surface area is 129 Å². The Hall–Kier alpha value is -0.340. The number of hydrogen-bond acceptors (Lipinski definition) is 2. The quantitative estimate of drug-likeness (QED) is 0.603. The molecule has 4 rings (SSSR count). The van der Waals surface area contributed by atoms with Crippen molar-refractivity contribution in [3.05, 3.63) is 12.2 Å². The molecule has 3 fully saturated rings. The average molecular weight is 290 g/mol. The first-order valence-corrected chi connectivity index (χ1v) is 8.89. The van der Waals surface area contributed by atoms with Crippen molar-refractivity contribution >= 4 is 0 Å². The predicted molar refractivity (Wildman–Crippen MR) is 83.9 cm³/mol. The summed E-state index contributed by atoms with van der Waals surface area (Å²) in [5.74, 6) is 2.11. The first-order chi connectivity index (χ1) is 9.84. The van der Waals surface area contributed by atoms with Crippen molar-refractivity contribution in [1.82, 2.24) is 0 Å². The molecule has 0 radical (unpaired) electrons. The lowest BCUT2D eigenvalue weighted by Gasteiger charge is -2.38. The SMILES string of the molecule is C[C@@H]1CC[C@@H]2C1C[C@@H]1O[C@]3(C=CCC3)O[C@]1(C)CC2(C)C. The molecule has 1 heterocycles. The van der Waals surface area contributed by atoms with Crippen LogP contribution in [-0.4, -0.2) is 17.5 Å². The van der Waals surface area contributed by atoms with Crippen LogP contribution in [0.2, 0.25) is 0 Å². The summed E-state index contributed by atoms with van der Waals surface area (Å²) >= 11 is 0. The zero-order chi connectivity index (χ0) is 14.9. The van der Waals surface area contributed by atoms with E-state index in [-0.39, 0.29) is 11.7 Å². The van der Waals surface area contributed by atoms with Gasteiger partial charge < -0.3 is 9.47 Å². The lowest BCUT2D eigenvalue weighted by molar-refractivity contribution is -0.160. The van der Waals surface area contributed by atoms with Crippen LogP contribution in [0.5, 0.6) is 0 Å². The van der Waals surface area contributed by atoms with Crippen LogP contribution in [0, 0.1) is 23.2 Å². The molecule has 1 unspecified atom stereocenters. The van der Waals surface area contributed by atoms with Crippen LogP contribution in [0.1, 0.15) is 66.2 Å². The highest BCUT2D eigenvalue weighted by Gasteiger charge is 2.60. The summed E-state index contributed by atoms with van der Waals surface area (Å²) in [7, 11) is 0. The Morgan fingerprint density at radius 1 is 1.14 bits per heavy atom. The first kappa shape index (κ1) is 14.3. The lowest BCUT2D eigenvalue weighted by Crippen LogP contribution is -2.40. The number of rotatable bonds is 0. The van der Waals surface area contributed by atoms with Gasteiger partial charge in [0.2, 0.25) is 0 Å². The molecule has 4 aliphatic rings. The summed E-state index contributed by atoms with van der Waals surface area (Å²) in [4.78, 5) is 0. The van der Waals surface area contributed by atoms with Crippen LogP contribution in [0.3, 0.4) is 0 Å². The van der Waals surface area contributed by atoms with Crippen molar-refractivity contribution in [1.29, 1.82) is 0 Å². The van der Waals surface area contributed by atoms with Gasteiger partial charge >= 0.3 is 0 Å². The van der Waals surface area contributed by atoms with Crippen molar-refractivity contribution in [2.24, 2.45) is 23.2 Å². The maximum Gasteiger partial charge on any atom is 0.189 e. The van der Waals surface area contributed by atoms with Gasteiger partial charge in [-0.15, -0.1) is 0 Å². The smallest absolute Gasteiger partial charge is 0.189 e. The first-order valence-electron chi connectivity index (χ1n) is 8.89. The van der Waals surface area contributed by atoms with Gasteiger partial charge in [-0.2, -0.15) is 0 Å². The van der Waals surface area contributed by atoms with Crippen LogP contribution < -0.4 is 0 Å². The second kappa shape index (κ2) is 4.35. The van der Waals surface area contributed by atoms with Crippen molar-refractivity contribution in [2.75, 3.05) is 0 Å². The third kappa shape index (κ3) is 2.05. The molecule has 0 amide bonds. The number of allylic oxidation sites excluding steroid dienone is 1. The minimum absolute atomic E-state index is 0.109. The van der Waals surface area contributed by atoms with Crippen LogP contribution in [0.25, 0.3) is 0 Å². The average Bonchev–Trinajstić information content (AvgIpc) is 3.01. The molecular weight excluding hydrogens is 260 g/mol. The van der Waals surface area contributed by atoms with Gasteiger partial charge in [-0.3, -0.25) is 0 Å². The summed E-state index contributed by atoms with van der Waals surface area (Å²) in [6.07, 6.45) is 11.9. The molecule has 2 nitrogen and oxygen atoms in total. The molecule has 0 aromatic rings. The Balaban J connectivity index is 1.68. The van der Waals surface area contributed by atoms with Gasteiger partial charge in [-0.1, -0.05) is 33.3 Å². The fourth-order valence-corrected chi connectivity index (χ4v) is 6.03. The Kier molecular flexibility index (Phi) is 2.96. The molecule has 118 valence electrons. The Bertz CT molecular complexity index is 468. The number of fused-ring (bicyclic) bond motifs is 2. The summed E-state index contributed by atoms with van der Waals surface area (Å²) in [5.41, 5.74) is 0.248. The highest BCUT2D eigenvalue weighted by Crippen LogP contribution is 2.59. The topological polar surface area (TPSA) is 18.5 Å². The summed E-state index contributed by atoms with van der Waals surface area (Å²) in [5, 5.41) is 0. The summed E-state index contributed by atoms with van der Waals surface area (Å²) in [6.45, 7) is 9.70. The van der Waals surface area contributed by atoms with Crippen LogP contribution >= 0.6 is 0 Å². The van der Waals surface area contributed by atoms with E-state index in [1.54, 1.807) is 0 Å². The van der Waals surface area contributed by atoms with Gasteiger partial charge in [0.05, 0.1) is 11.7 Å². The molecule has 3 aliphatic carbocycles. The highest BCUT2D eigenvalue weighted by atomic mass is 16.8. The van der Waals surface area contributed by atoms with Gasteiger partial charge in [0.1, 0.15) is 0 Å². The zero-order valence-corrected chi connectivity index (χ0v) is 14.0. The van der Waals surface area contributed by atoms with Gasteiger partial charge in [-0.25, -0.2) is 0 Å². The Morgan fingerprint density at radius 3 is 2.67 bits per heavy atom. The molecule has 1 aliphatic heterocycles. The fourth-order valence-electron chi connectivity index (χ4n) is 6.03. The summed E-state index contributed by atoms with van der Waals surface area (Å²) < 4.78 is 13.1. The zero-order valence-electron chi connectivity index (χ0n) is 14.0. The van der Waals surface area contributed by atoms with E-state index < -0.39 is 5.79 Å². The van der Waals surface area contributed by atoms with Crippen molar-refractivity contribution in [2.45, 2.75) is 83.7 Å². The molecule has 21 heavy (non-hydrogen) atoms. The molecule has 1 spiro atoms. The van der Waals surface area contributed by atoms with E-state index in [1.807, 2.05) is 0 Å². The van der Waals surface area contributed by atoms with E-state index in [2.05, 4.69) is 39.8 Å². The van der Waals surface area contributed by atoms with Gasteiger partial charge in [-0.05, 0) is 61.9 Å². The molecule has 0 aromatic heterocycles. The normalized spacial score (nSPS) is 54.7. The molecule has 0 N–H and O–H groups in total. The largest absolute Gasteiger partial charge is 0.340 e. The highest BCUT2D eigenvalue weighted by molar-refractivity contribution is 5.13. The molecule has 6 atom stereocenters. The number of hydrogen-bond donors (Lipinski definition) is 0. The second-order valence-corrected chi connectivity index (χ2v) is 9.00. The van der Waals surface area contributed by atoms with Crippen LogP contribution in [-0.2, 0) is 9.47 Å². The van der Waals surface area contributed by atoms with Crippen LogP contribution in [0.15, 0.2) is 12.2 Å². The van der Waals surface area contributed by atoms with E-state index in [9.17, 15) is 0 Å². The molecule has 1 saturated heterocycles. The minimum atomic E-state index is -0.399. The Morgan fingerprint density at radius 2 is 1.95 bits per heavy atom. The lowest BCUT2D eigenvalue weighted by atomic mass is 9.69. The van der Waals surface area contributed by atoms with Gasteiger partial charge in [0, 0.05) is 6.42 Å². The van der Waals surface area contributed by atoms with Crippen molar-refractivity contribution in [3.8, 4) is 0 Å². The van der Waals surface area contributed by atoms with E-state index in [0.29, 0.717) is 5.41 Å². The second-order valence-electron chi connectivity index (χ2n) is 9.00. The third-order valence-corrected chi connectivity index (χ3v) is 6.94. The monoisotopic (exact) mass is 290 g/mol. The van der Waals surface area contributed by atoms with Gasteiger partial charge in [0.25, 0.3) is 0 Å². The maximum atomic E-state index is 6.61. The molecule has 2 heteroatoms. The molecule has 0 aromatic carbocycles. The maximum absolute atomic E-state index is 6.61. The van der Waals surface area contributed by atoms with E-state index in [4.69, 9.17) is 9.47 Å². The van der Waals surface area contributed by atoms with E-state index in [0.717, 1.165) is 37.0 Å². The van der Waals surface area contributed by atoms with Crippen molar-refractivity contribution in [3.63, 3.8) is 0 Å². The molecular formula is C19H30O2. The minimum Gasteiger partial charge on any atom is -0.340 e. The van der Waals surface area contributed by atoms with Gasteiger partial charge in [0.15, 0.2) is 5.79 Å². The summed E-state index contributed by atoms with van der Waals surface area (Å²) in [6, 6.07) is 0. The number of ether oxygens (including phenoxy) is 2. The van der Waals surface area contributed by atoms with E-state index in [1.165, 1.54) is 19.3 Å². The molecule has 0 bridgehead atoms. The van der Waals surface area contributed by atoms with Crippen LogP contribution in [0.4, 0.5) is 0 Å². The van der Waals surface area contributed by atoms with E-state index >= 15 is 0 Å². The predicted octanol–water partition coefficient (Wildman–Crippen LogP) is 4.69. The van der Waals surface area contributed by atoms with Crippen molar-refractivity contribution < 1.29 is 9.47 Å². The standard InChI is InChI=1S/C19H30O2/c1-13-7-8-15-14(13)11-16-18(4,12-17(15,2)3)21-19(20-16)9-5-6-10-19/h5,9,13-16H,6-8,10-12H2,1-4H3/t13-,14?,15-,16+,18-,19-/m1/s1.